The number of hydrogen-bond donors (Lipinski definition) is 1. The average molecular weight is 279 g/mol. The number of ether oxygens (including phenoxy) is 3. The molecule has 1 aromatic carbocycles. The molecule has 0 amide bonds. The van der Waals surface area contributed by atoms with Crippen LogP contribution in [-0.4, -0.2) is 32.5 Å². The summed E-state index contributed by atoms with van der Waals surface area (Å²) in [4.78, 5) is 0. The van der Waals surface area contributed by atoms with Crippen LogP contribution < -0.4 is 14.8 Å². The van der Waals surface area contributed by atoms with Crippen LogP contribution in [0.25, 0.3) is 0 Å². The lowest BCUT2D eigenvalue weighted by molar-refractivity contribution is 0.107. The van der Waals surface area contributed by atoms with E-state index in [9.17, 15) is 0 Å². The highest BCUT2D eigenvalue weighted by Gasteiger charge is 2.18. The van der Waals surface area contributed by atoms with Crippen LogP contribution in [0.1, 0.15) is 26.3 Å². The highest BCUT2D eigenvalue weighted by Crippen LogP contribution is 2.33. The van der Waals surface area contributed by atoms with Crippen molar-refractivity contribution in [1.82, 2.24) is 5.32 Å². The van der Waals surface area contributed by atoms with Crippen molar-refractivity contribution in [2.45, 2.75) is 33.4 Å². The van der Waals surface area contributed by atoms with Gasteiger partial charge in [-0.1, -0.05) is 26.0 Å². The van der Waals surface area contributed by atoms with Crippen molar-refractivity contribution in [3.8, 4) is 11.5 Å². The summed E-state index contributed by atoms with van der Waals surface area (Å²) < 4.78 is 16.9. The average Bonchev–Trinajstić information content (AvgIpc) is 2.47. The van der Waals surface area contributed by atoms with Crippen molar-refractivity contribution < 1.29 is 14.2 Å². The Balaban J connectivity index is 1.98. The third-order valence-corrected chi connectivity index (χ3v) is 3.51. The standard InChI is InChI=1S/C16H25NO3/c1-4-18-11-14(12(2)3)17-10-13-6-5-7-15-16(13)20-9-8-19-15/h5-7,12,14,17H,4,8-11H2,1-3H3. The van der Waals surface area contributed by atoms with Gasteiger partial charge in [-0.3, -0.25) is 0 Å². The first-order chi connectivity index (χ1) is 9.72. The maximum atomic E-state index is 5.73. The van der Waals surface area contributed by atoms with Gasteiger partial charge in [-0.15, -0.1) is 0 Å². The molecule has 0 saturated heterocycles. The summed E-state index contributed by atoms with van der Waals surface area (Å²) >= 11 is 0. The minimum Gasteiger partial charge on any atom is -0.486 e. The van der Waals surface area contributed by atoms with Gasteiger partial charge in [0.05, 0.1) is 6.61 Å². The van der Waals surface area contributed by atoms with Crippen LogP contribution in [0.4, 0.5) is 0 Å². The molecule has 1 N–H and O–H groups in total. The van der Waals surface area contributed by atoms with Gasteiger partial charge in [-0.25, -0.2) is 0 Å². The van der Waals surface area contributed by atoms with Crippen LogP contribution >= 0.6 is 0 Å². The SMILES string of the molecule is CCOCC(NCc1cccc2c1OCCO2)C(C)C. The second-order valence-corrected chi connectivity index (χ2v) is 5.33. The normalized spacial score (nSPS) is 15.4. The summed E-state index contributed by atoms with van der Waals surface area (Å²) in [6.45, 7) is 9.94. The number of rotatable bonds is 7. The van der Waals surface area contributed by atoms with Gasteiger partial charge >= 0.3 is 0 Å². The first kappa shape index (κ1) is 15.1. The van der Waals surface area contributed by atoms with E-state index in [2.05, 4.69) is 25.2 Å². The lowest BCUT2D eigenvalue weighted by atomic mass is 10.0. The lowest BCUT2D eigenvalue weighted by Crippen LogP contribution is -2.37. The van der Waals surface area contributed by atoms with Gasteiger partial charge in [0, 0.05) is 24.8 Å². The minimum atomic E-state index is 0.343. The fourth-order valence-electron chi connectivity index (χ4n) is 2.25. The van der Waals surface area contributed by atoms with Crippen LogP contribution in [0.15, 0.2) is 18.2 Å². The van der Waals surface area contributed by atoms with E-state index in [1.807, 2.05) is 19.1 Å². The molecule has 0 fully saturated rings. The van der Waals surface area contributed by atoms with E-state index < -0.39 is 0 Å². The van der Waals surface area contributed by atoms with E-state index in [-0.39, 0.29) is 0 Å². The number of benzene rings is 1. The van der Waals surface area contributed by atoms with Gasteiger partial charge in [-0.2, -0.15) is 0 Å². The Bertz CT molecular complexity index is 420. The third-order valence-electron chi connectivity index (χ3n) is 3.51. The molecule has 0 radical (unpaired) electrons. The molecule has 112 valence electrons. The van der Waals surface area contributed by atoms with Crippen LogP contribution in [0.2, 0.25) is 0 Å². The molecule has 0 aromatic heterocycles. The number of hydrogen-bond acceptors (Lipinski definition) is 4. The molecule has 1 aliphatic heterocycles. The Morgan fingerprint density at radius 3 is 2.80 bits per heavy atom. The predicted molar refractivity (Wildman–Crippen MR) is 79.4 cm³/mol. The van der Waals surface area contributed by atoms with Crippen molar-refractivity contribution in [1.29, 1.82) is 0 Å². The van der Waals surface area contributed by atoms with Gasteiger partial charge in [0.15, 0.2) is 11.5 Å². The minimum absolute atomic E-state index is 0.343. The molecule has 0 spiro atoms. The Morgan fingerprint density at radius 1 is 1.25 bits per heavy atom. The molecule has 4 heteroatoms. The molecular formula is C16H25NO3. The quantitative estimate of drug-likeness (QED) is 0.833. The Labute approximate surface area is 121 Å². The van der Waals surface area contributed by atoms with Crippen molar-refractivity contribution >= 4 is 0 Å². The molecule has 1 aliphatic rings. The van der Waals surface area contributed by atoms with Crippen LogP contribution in [0.3, 0.4) is 0 Å². The zero-order chi connectivity index (χ0) is 14.4. The van der Waals surface area contributed by atoms with Crippen molar-refractivity contribution in [3.63, 3.8) is 0 Å². The Morgan fingerprint density at radius 2 is 2.05 bits per heavy atom. The van der Waals surface area contributed by atoms with Crippen LogP contribution in [-0.2, 0) is 11.3 Å². The van der Waals surface area contributed by atoms with Crippen molar-refractivity contribution in [2.75, 3.05) is 26.4 Å². The summed E-state index contributed by atoms with van der Waals surface area (Å²) in [6, 6.07) is 6.39. The van der Waals surface area contributed by atoms with Crippen molar-refractivity contribution in [2.24, 2.45) is 5.92 Å². The zero-order valence-corrected chi connectivity index (χ0v) is 12.6. The molecule has 0 aliphatic carbocycles. The van der Waals surface area contributed by atoms with Crippen molar-refractivity contribution in [3.05, 3.63) is 23.8 Å². The maximum Gasteiger partial charge on any atom is 0.165 e. The van der Waals surface area contributed by atoms with E-state index in [0.717, 1.165) is 36.8 Å². The monoisotopic (exact) mass is 279 g/mol. The topological polar surface area (TPSA) is 39.7 Å². The number of fused-ring (bicyclic) bond motifs is 1. The largest absolute Gasteiger partial charge is 0.486 e. The Hall–Kier alpha value is -1.26. The fraction of sp³-hybridized carbons (Fsp3) is 0.625. The molecule has 20 heavy (non-hydrogen) atoms. The predicted octanol–water partition coefficient (Wildman–Crippen LogP) is 2.61. The van der Waals surface area contributed by atoms with Gasteiger partial charge in [0.25, 0.3) is 0 Å². The molecular weight excluding hydrogens is 254 g/mol. The first-order valence-electron chi connectivity index (χ1n) is 7.41. The second-order valence-electron chi connectivity index (χ2n) is 5.33. The van der Waals surface area contributed by atoms with Gasteiger partial charge in [0.1, 0.15) is 13.2 Å². The highest BCUT2D eigenvalue weighted by molar-refractivity contribution is 5.47. The Kier molecular flexibility index (Phi) is 5.68. The lowest BCUT2D eigenvalue weighted by Gasteiger charge is -2.25. The first-order valence-corrected chi connectivity index (χ1v) is 7.41. The van der Waals surface area contributed by atoms with Gasteiger partial charge < -0.3 is 19.5 Å². The smallest absolute Gasteiger partial charge is 0.165 e. The third kappa shape index (κ3) is 3.87. The van der Waals surface area contributed by atoms with Gasteiger partial charge in [0.2, 0.25) is 0 Å². The zero-order valence-electron chi connectivity index (χ0n) is 12.6. The van der Waals surface area contributed by atoms with Crippen LogP contribution in [0.5, 0.6) is 11.5 Å². The molecule has 1 unspecified atom stereocenters. The molecule has 1 atom stereocenters. The van der Waals surface area contributed by atoms with E-state index in [1.165, 1.54) is 0 Å². The van der Waals surface area contributed by atoms with E-state index in [0.29, 0.717) is 25.2 Å². The molecule has 1 heterocycles. The summed E-state index contributed by atoms with van der Waals surface area (Å²) in [5.74, 6) is 2.25. The van der Waals surface area contributed by atoms with E-state index >= 15 is 0 Å². The molecule has 4 nitrogen and oxygen atoms in total. The summed E-state index contributed by atoms with van der Waals surface area (Å²) in [5.41, 5.74) is 1.14. The highest BCUT2D eigenvalue weighted by atomic mass is 16.6. The molecule has 0 saturated carbocycles. The van der Waals surface area contributed by atoms with E-state index in [1.54, 1.807) is 0 Å². The number of nitrogens with one attached hydrogen (secondary N) is 1. The van der Waals surface area contributed by atoms with E-state index in [4.69, 9.17) is 14.2 Å². The van der Waals surface area contributed by atoms with Gasteiger partial charge in [-0.05, 0) is 18.9 Å². The summed E-state index contributed by atoms with van der Waals surface area (Å²) in [7, 11) is 0. The molecule has 0 bridgehead atoms. The fourth-order valence-corrected chi connectivity index (χ4v) is 2.25. The summed E-state index contributed by atoms with van der Waals surface area (Å²) in [5, 5.41) is 3.56. The molecule has 2 rings (SSSR count). The number of para-hydroxylation sites is 1. The maximum absolute atomic E-state index is 5.73. The van der Waals surface area contributed by atoms with Crippen LogP contribution in [0, 0.1) is 5.92 Å². The molecule has 1 aromatic rings. The second kappa shape index (κ2) is 7.50. The summed E-state index contributed by atoms with van der Waals surface area (Å²) in [6.07, 6.45) is 0.